The zero-order valence-corrected chi connectivity index (χ0v) is 18.4. The van der Waals surface area contributed by atoms with E-state index in [4.69, 9.17) is 23.2 Å². The summed E-state index contributed by atoms with van der Waals surface area (Å²) in [5.74, 6) is -0.477. The highest BCUT2D eigenvalue weighted by atomic mass is 35.5. The fourth-order valence-corrected chi connectivity index (χ4v) is 4.92. The highest BCUT2D eigenvalue weighted by Crippen LogP contribution is 2.25. The van der Waals surface area contributed by atoms with E-state index in [0.717, 1.165) is 11.1 Å². The van der Waals surface area contributed by atoms with Gasteiger partial charge >= 0.3 is 0 Å². The SMILES string of the molecule is C[C@@H](NS(=O)(=O)c1cc(Cl)ccc1Cl)C(=O)NC(c1ccccc1)c1ccccc1. The Bertz CT molecular complexity index is 1080. The molecule has 1 atom stereocenters. The zero-order chi connectivity index (χ0) is 21.7. The van der Waals surface area contributed by atoms with Crippen molar-refractivity contribution in [1.82, 2.24) is 10.0 Å². The average molecular weight is 463 g/mol. The van der Waals surface area contributed by atoms with Crippen LogP contribution in [0.15, 0.2) is 83.8 Å². The number of nitrogens with one attached hydrogen (secondary N) is 2. The summed E-state index contributed by atoms with van der Waals surface area (Å²) >= 11 is 11.9. The summed E-state index contributed by atoms with van der Waals surface area (Å²) in [6.07, 6.45) is 0. The molecular formula is C22H20Cl2N2O3S. The van der Waals surface area contributed by atoms with Gasteiger partial charge in [-0.3, -0.25) is 4.79 Å². The fraction of sp³-hybridized carbons (Fsp3) is 0.136. The van der Waals surface area contributed by atoms with E-state index in [1.807, 2.05) is 60.7 Å². The lowest BCUT2D eigenvalue weighted by Crippen LogP contribution is -2.46. The molecule has 3 rings (SSSR count). The first-order valence-electron chi connectivity index (χ1n) is 9.15. The van der Waals surface area contributed by atoms with E-state index in [2.05, 4.69) is 10.0 Å². The summed E-state index contributed by atoms with van der Waals surface area (Å²) in [5, 5.41) is 3.17. The highest BCUT2D eigenvalue weighted by Gasteiger charge is 2.26. The first-order valence-corrected chi connectivity index (χ1v) is 11.4. The zero-order valence-electron chi connectivity index (χ0n) is 16.0. The minimum atomic E-state index is -4.05. The van der Waals surface area contributed by atoms with Gasteiger partial charge in [0.1, 0.15) is 4.90 Å². The van der Waals surface area contributed by atoms with Gasteiger partial charge < -0.3 is 5.32 Å². The third-order valence-corrected chi connectivity index (χ3v) is 6.72. The molecule has 156 valence electrons. The van der Waals surface area contributed by atoms with Gasteiger partial charge in [0.05, 0.1) is 17.1 Å². The molecule has 0 heterocycles. The number of benzene rings is 3. The van der Waals surface area contributed by atoms with Crippen molar-refractivity contribution in [2.45, 2.75) is 23.9 Å². The van der Waals surface area contributed by atoms with E-state index >= 15 is 0 Å². The summed E-state index contributed by atoms with van der Waals surface area (Å²) in [6.45, 7) is 1.47. The van der Waals surface area contributed by atoms with Crippen molar-refractivity contribution in [3.8, 4) is 0 Å². The maximum atomic E-state index is 12.9. The number of amides is 1. The van der Waals surface area contributed by atoms with Crippen LogP contribution in [-0.4, -0.2) is 20.4 Å². The van der Waals surface area contributed by atoms with Crippen LogP contribution in [0.2, 0.25) is 10.0 Å². The molecular weight excluding hydrogens is 443 g/mol. The number of hydrogen-bond acceptors (Lipinski definition) is 3. The van der Waals surface area contributed by atoms with E-state index in [-0.39, 0.29) is 14.9 Å². The predicted molar refractivity (Wildman–Crippen MR) is 119 cm³/mol. The van der Waals surface area contributed by atoms with Crippen LogP contribution in [-0.2, 0) is 14.8 Å². The van der Waals surface area contributed by atoms with E-state index in [1.165, 1.54) is 25.1 Å². The lowest BCUT2D eigenvalue weighted by atomic mass is 9.98. The van der Waals surface area contributed by atoms with Gasteiger partial charge in [-0.05, 0) is 36.2 Å². The van der Waals surface area contributed by atoms with Crippen LogP contribution in [0.5, 0.6) is 0 Å². The third kappa shape index (κ3) is 5.40. The molecule has 0 aliphatic heterocycles. The van der Waals surface area contributed by atoms with Crippen LogP contribution in [0, 0.1) is 0 Å². The number of halogens is 2. The Morgan fingerprint density at radius 1 is 0.867 bits per heavy atom. The lowest BCUT2D eigenvalue weighted by molar-refractivity contribution is -0.122. The standard InChI is InChI=1S/C22H20Cl2N2O3S/c1-15(26-30(28,29)20-14-18(23)12-13-19(20)24)22(27)25-21(16-8-4-2-5-9-16)17-10-6-3-7-11-17/h2-15,21,26H,1H3,(H,25,27)/t15-/m1/s1. The molecule has 30 heavy (non-hydrogen) atoms. The highest BCUT2D eigenvalue weighted by molar-refractivity contribution is 7.89. The van der Waals surface area contributed by atoms with E-state index in [9.17, 15) is 13.2 Å². The summed E-state index contributed by atoms with van der Waals surface area (Å²) in [7, 11) is -4.05. The van der Waals surface area contributed by atoms with Crippen molar-refractivity contribution in [3.05, 3.63) is 100 Å². The predicted octanol–water partition coefficient (Wildman–Crippen LogP) is 4.57. The van der Waals surface area contributed by atoms with E-state index in [0.29, 0.717) is 0 Å². The van der Waals surface area contributed by atoms with Crippen molar-refractivity contribution in [2.24, 2.45) is 0 Å². The molecule has 1 amide bonds. The van der Waals surface area contributed by atoms with Crippen LogP contribution < -0.4 is 10.0 Å². The van der Waals surface area contributed by atoms with Crippen LogP contribution in [0.25, 0.3) is 0 Å². The van der Waals surface area contributed by atoms with Crippen LogP contribution >= 0.6 is 23.2 Å². The lowest BCUT2D eigenvalue weighted by Gasteiger charge is -2.22. The molecule has 5 nitrogen and oxygen atoms in total. The Labute approximate surface area is 186 Å². The van der Waals surface area contributed by atoms with Gasteiger partial charge in [-0.25, -0.2) is 8.42 Å². The van der Waals surface area contributed by atoms with E-state index < -0.39 is 28.0 Å². The smallest absolute Gasteiger partial charge is 0.242 e. The number of sulfonamides is 1. The molecule has 0 aromatic heterocycles. The molecule has 0 saturated carbocycles. The molecule has 0 fully saturated rings. The summed E-state index contributed by atoms with van der Waals surface area (Å²) in [5.41, 5.74) is 1.76. The van der Waals surface area contributed by atoms with Crippen LogP contribution in [0.1, 0.15) is 24.1 Å². The summed E-state index contributed by atoms with van der Waals surface area (Å²) in [4.78, 5) is 12.7. The molecule has 0 spiro atoms. The Hall–Kier alpha value is -2.38. The molecule has 0 radical (unpaired) electrons. The first-order chi connectivity index (χ1) is 14.3. The molecule has 8 heteroatoms. The monoisotopic (exact) mass is 462 g/mol. The van der Waals surface area contributed by atoms with E-state index in [1.54, 1.807) is 0 Å². The van der Waals surface area contributed by atoms with Gasteiger partial charge in [0.25, 0.3) is 0 Å². The van der Waals surface area contributed by atoms with Gasteiger partial charge in [-0.15, -0.1) is 0 Å². The quantitative estimate of drug-likeness (QED) is 0.539. The minimum Gasteiger partial charge on any atom is -0.344 e. The maximum Gasteiger partial charge on any atom is 0.242 e. The normalized spacial score (nSPS) is 12.5. The number of carbonyl (C=O) groups is 1. The van der Waals surface area contributed by atoms with Crippen LogP contribution in [0.3, 0.4) is 0 Å². The van der Waals surface area contributed by atoms with Crippen molar-refractivity contribution < 1.29 is 13.2 Å². The van der Waals surface area contributed by atoms with Crippen molar-refractivity contribution >= 4 is 39.1 Å². The summed E-state index contributed by atoms with van der Waals surface area (Å²) in [6, 6.07) is 21.6. The Kier molecular flexibility index (Phi) is 7.15. The molecule has 2 N–H and O–H groups in total. The molecule has 3 aromatic rings. The fourth-order valence-electron chi connectivity index (χ4n) is 2.95. The number of hydrogen-bond donors (Lipinski definition) is 2. The van der Waals surface area contributed by atoms with Crippen molar-refractivity contribution in [3.63, 3.8) is 0 Å². The third-order valence-electron chi connectivity index (χ3n) is 4.46. The second-order valence-electron chi connectivity index (χ2n) is 6.68. The Balaban J connectivity index is 1.81. The van der Waals surface area contributed by atoms with Crippen molar-refractivity contribution in [2.75, 3.05) is 0 Å². The summed E-state index contributed by atoms with van der Waals surface area (Å²) < 4.78 is 27.8. The van der Waals surface area contributed by atoms with Gasteiger partial charge in [0.2, 0.25) is 15.9 Å². The Morgan fingerprint density at radius 2 is 1.40 bits per heavy atom. The molecule has 0 unspecified atom stereocenters. The topological polar surface area (TPSA) is 75.3 Å². The van der Waals surface area contributed by atoms with Gasteiger partial charge in [0, 0.05) is 5.02 Å². The molecule has 3 aromatic carbocycles. The van der Waals surface area contributed by atoms with Gasteiger partial charge in [0.15, 0.2) is 0 Å². The first kappa shape index (κ1) is 22.3. The molecule has 0 aliphatic carbocycles. The van der Waals surface area contributed by atoms with Gasteiger partial charge in [-0.1, -0.05) is 83.9 Å². The second kappa shape index (κ2) is 9.62. The maximum absolute atomic E-state index is 12.9. The van der Waals surface area contributed by atoms with Crippen LogP contribution in [0.4, 0.5) is 0 Å². The molecule has 0 aliphatic rings. The molecule has 0 saturated heterocycles. The minimum absolute atomic E-state index is 0.0194. The Morgan fingerprint density at radius 3 is 1.93 bits per heavy atom. The average Bonchev–Trinajstić information content (AvgIpc) is 2.74. The number of rotatable bonds is 7. The van der Waals surface area contributed by atoms with Crippen molar-refractivity contribution in [1.29, 1.82) is 0 Å². The molecule has 0 bridgehead atoms. The number of carbonyl (C=O) groups excluding carboxylic acids is 1. The second-order valence-corrected chi connectivity index (χ2v) is 9.21. The van der Waals surface area contributed by atoms with Gasteiger partial charge in [-0.2, -0.15) is 4.72 Å². The largest absolute Gasteiger partial charge is 0.344 e.